The second kappa shape index (κ2) is 8.95. The van der Waals surface area contributed by atoms with E-state index in [1.165, 1.54) is 15.3 Å². The molecule has 0 N–H and O–H groups in total. The number of thiophene rings is 1. The van der Waals surface area contributed by atoms with E-state index in [1.54, 1.807) is 22.0 Å². The van der Waals surface area contributed by atoms with Crippen LogP contribution in [0.3, 0.4) is 0 Å². The molecule has 4 heterocycles. The van der Waals surface area contributed by atoms with Gasteiger partial charge in [0.15, 0.2) is 0 Å². The van der Waals surface area contributed by atoms with E-state index in [-0.39, 0.29) is 46.7 Å². The van der Waals surface area contributed by atoms with Crippen LogP contribution in [0, 0.1) is 0 Å². The van der Waals surface area contributed by atoms with E-state index in [0.29, 0.717) is 39.0 Å². The predicted octanol–water partition coefficient (Wildman–Crippen LogP) is 0.476. The number of ether oxygens (including phenoxy) is 1. The first kappa shape index (κ1) is 21.8. The summed E-state index contributed by atoms with van der Waals surface area (Å²) in [5, 5.41) is 1.64. The topological polar surface area (TPSA) is 104 Å². The first-order valence-corrected chi connectivity index (χ1v) is 13.2. The maximum Gasteiger partial charge on any atom is 0.265 e. The number of nitrogens with zero attached hydrogens (tertiary/aromatic N) is 3. The van der Waals surface area contributed by atoms with Crippen molar-refractivity contribution >= 4 is 50.8 Å². The van der Waals surface area contributed by atoms with Crippen LogP contribution in [0.4, 0.5) is 0 Å². The number of sulfonamides is 1. The fourth-order valence-corrected chi connectivity index (χ4v) is 7.90. The van der Waals surface area contributed by atoms with Crippen LogP contribution in [0.25, 0.3) is 0 Å². The highest BCUT2D eigenvalue weighted by Gasteiger charge is 2.37. The lowest BCUT2D eigenvalue weighted by Gasteiger charge is -2.38. The van der Waals surface area contributed by atoms with E-state index in [1.807, 2.05) is 0 Å². The number of thioether (sulfide) groups is 1. The van der Waals surface area contributed by atoms with Crippen LogP contribution >= 0.6 is 23.1 Å². The number of carbonyl (C=O) groups is 3. The van der Waals surface area contributed by atoms with E-state index in [9.17, 15) is 22.8 Å². The van der Waals surface area contributed by atoms with Crippen molar-refractivity contribution in [2.45, 2.75) is 23.8 Å². The first-order valence-electron chi connectivity index (χ1n) is 9.77. The molecular formula is C18H23N3O6S3. The van der Waals surface area contributed by atoms with Gasteiger partial charge in [-0.05, 0) is 24.3 Å². The highest BCUT2D eigenvalue weighted by atomic mass is 32.2. The average Bonchev–Trinajstić information content (AvgIpc) is 3.25. The third-order valence-corrected chi connectivity index (χ3v) is 9.43. The zero-order valence-electron chi connectivity index (χ0n) is 16.3. The molecule has 0 radical (unpaired) electrons. The van der Waals surface area contributed by atoms with E-state index in [2.05, 4.69) is 0 Å². The lowest BCUT2D eigenvalue weighted by atomic mass is 10.0. The van der Waals surface area contributed by atoms with Crippen LogP contribution in [0.5, 0.6) is 0 Å². The van der Waals surface area contributed by atoms with Crippen molar-refractivity contribution in [3.8, 4) is 0 Å². The van der Waals surface area contributed by atoms with Crippen LogP contribution in [0.15, 0.2) is 16.3 Å². The summed E-state index contributed by atoms with van der Waals surface area (Å²) in [6.45, 7) is 1.41. The lowest BCUT2D eigenvalue weighted by Crippen LogP contribution is -2.55. The molecule has 1 aromatic rings. The number of piperidine rings is 1. The third-order valence-electron chi connectivity index (χ3n) is 5.52. The molecule has 0 spiro atoms. The molecule has 0 saturated carbocycles. The lowest BCUT2D eigenvalue weighted by molar-refractivity contribution is -0.162. The molecular weight excluding hydrogens is 450 g/mol. The fraction of sp³-hybridized carbons (Fsp3) is 0.611. The predicted molar refractivity (Wildman–Crippen MR) is 112 cm³/mol. The number of hydrogen-bond acceptors (Lipinski definition) is 8. The Morgan fingerprint density at radius 2 is 1.67 bits per heavy atom. The van der Waals surface area contributed by atoms with Crippen molar-refractivity contribution < 1.29 is 27.5 Å². The van der Waals surface area contributed by atoms with Crippen molar-refractivity contribution in [2.24, 2.45) is 0 Å². The minimum atomic E-state index is -3.70. The van der Waals surface area contributed by atoms with Crippen LogP contribution in [0.1, 0.15) is 22.5 Å². The Balaban J connectivity index is 1.45. The zero-order valence-corrected chi connectivity index (χ0v) is 18.8. The molecule has 12 heteroatoms. The number of likely N-dealkylation sites (tertiary alicyclic amines) is 1. The number of amides is 3. The second-order valence-electron chi connectivity index (χ2n) is 7.30. The Hall–Kier alpha value is -1.47. The Labute approximate surface area is 183 Å². The van der Waals surface area contributed by atoms with Crippen LogP contribution in [0.2, 0.25) is 0 Å². The molecule has 3 fully saturated rings. The molecule has 0 aromatic carbocycles. The number of carbonyl (C=O) groups excluding carboxylic acids is 3. The molecule has 0 unspecified atom stereocenters. The molecule has 30 heavy (non-hydrogen) atoms. The SMILES string of the molecule is O=C(c1sccc1S(=O)(=O)N1CCSCC1)N1CCC(N2C(=O)COCC2=O)CC1. The molecule has 3 aliphatic rings. The van der Waals surface area contributed by atoms with E-state index < -0.39 is 10.0 Å². The van der Waals surface area contributed by atoms with Gasteiger partial charge in [0.05, 0.1) is 0 Å². The highest BCUT2D eigenvalue weighted by Crippen LogP contribution is 2.29. The van der Waals surface area contributed by atoms with Gasteiger partial charge in [0.25, 0.3) is 17.7 Å². The van der Waals surface area contributed by atoms with Crippen LogP contribution in [-0.2, 0) is 24.3 Å². The Bertz CT molecular complexity index is 917. The average molecular weight is 474 g/mol. The Kier molecular flexibility index (Phi) is 6.49. The molecule has 3 saturated heterocycles. The molecule has 3 amide bonds. The maximum atomic E-state index is 13.1. The smallest absolute Gasteiger partial charge is 0.265 e. The minimum Gasteiger partial charge on any atom is -0.362 e. The van der Waals surface area contributed by atoms with Gasteiger partial charge < -0.3 is 9.64 Å². The number of morpholine rings is 1. The molecule has 1 aromatic heterocycles. The summed E-state index contributed by atoms with van der Waals surface area (Å²) >= 11 is 2.85. The van der Waals surface area contributed by atoms with Gasteiger partial charge in [-0.3, -0.25) is 19.3 Å². The molecule has 0 aliphatic carbocycles. The van der Waals surface area contributed by atoms with Gasteiger partial charge in [0.1, 0.15) is 23.0 Å². The summed E-state index contributed by atoms with van der Waals surface area (Å²) in [6, 6.07) is 1.25. The van der Waals surface area contributed by atoms with Gasteiger partial charge in [-0.2, -0.15) is 16.1 Å². The van der Waals surface area contributed by atoms with Crippen molar-refractivity contribution in [2.75, 3.05) is 50.9 Å². The highest BCUT2D eigenvalue weighted by molar-refractivity contribution is 7.99. The van der Waals surface area contributed by atoms with Crippen LogP contribution < -0.4 is 0 Å². The van der Waals surface area contributed by atoms with Gasteiger partial charge >= 0.3 is 0 Å². The van der Waals surface area contributed by atoms with E-state index >= 15 is 0 Å². The Morgan fingerprint density at radius 3 is 2.30 bits per heavy atom. The number of rotatable bonds is 4. The Morgan fingerprint density at radius 1 is 1.03 bits per heavy atom. The van der Waals surface area contributed by atoms with Crippen molar-refractivity contribution in [1.82, 2.24) is 14.1 Å². The van der Waals surface area contributed by atoms with Crippen molar-refractivity contribution in [3.63, 3.8) is 0 Å². The quantitative estimate of drug-likeness (QED) is 0.586. The summed E-state index contributed by atoms with van der Waals surface area (Å²) in [7, 11) is -3.70. The molecule has 0 atom stereocenters. The first-order chi connectivity index (χ1) is 14.4. The molecule has 164 valence electrons. The van der Waals surface area contributed by atoms with Gasteiger partial charge in [0, 0.05) is 43.7 Å². The zero-order chi connectivity index (χ0) is 21.3. The molecule has 4 rings (SSSR count). The van der Waals surface area contributed by atoms with Crippen LogP contribution in [-0.4, -0.2) is 97.2 Å². The summed E-state index contributed by atoms with van der Waals surface area (Å²) in [5.74, 6) is 0.496. The fourth-order valence-electron chi connectivity index (χ4n) is 3.96. The molecule has 0 bridgehead atoms. The third kappa shape index (κ3) is 4.15. The standard InChI is InChI=1S/C18H23N3O6S3/c22-15-11-27-12-16(23)21(15)13-1-4-19(5-2-13)18(24)17-14(3-8-29-17)30(25,26)20-6-9-28-10-7-20/h3,8,13H,1-2,4-7,9-12H2. The molecule has 3 aliphatic heterocycles. The van der Waals surface area contributed by atoms with E-state index in [4.69, 9.17) is 4.74 Å². The molecule has 9 nitrogen and oxygen atoms in total. The van der Waals surface area contributed by atoms with E-state index in [0.717, 1.165) is 22.8 Å². The monoisotopic (exact) mass is 473 g/mol. The summed E-state index contributed by atoms with van der Waals surface area (Å²) in [5.41, 5.74) is 0. The van der Waals surface area contributed by atoms with Gasteiger partial charge in [-0.25, -0.2) is 8.42 Å². The minimum absolute atomic E-state index is 0.0741. The number of imide groups is 1. The second-order valence-corrected chi connectivity index (χ2v) is 11.4. The number of hydrogen-bond donors (Lipinski definition) is 0. The van der Waals surface area contributed by atoms with Gasteiger partial charge in [-0.15, -0.1) is 11.3 Å². The van der Waals surface area contributed by atoms with Gasteiger partial charge in [-0.1, -0.05) is 0 Å². The summed E-state index contributed by atoms with van der Waals surface area (Å²) in [4.78, 5) is 40.4. The normalized spacial score (nSPS) is 22.5. The largest absolute Gasteiger partial charge is 0.362 e. The summed E-state index contributed by atoms with van der Waals surface area (Å²) < 4.78 is 32.5. The van der Waals surface area contributed by atoms with Gasteiger partial charge in [0.2, 0.25) is 10.0 Å². The summed E-state index contributed by atoms with van der Waals surface area (Å²) in [6.07, 6.45) is 0.944. The maximum absolute atomic E-state index is 13.1. The van der Waals surface area contributed by atoms with Crippen molar-refractivity contribution in [3.05, 3.63) is 16.3 Å². The van der Waals surface area contributed by atoms with Crippen molar-refractivity contribution in [1.29, 1.82) is 0 Å².